The summed E-state index contributed by atoms with van der Waals surface area (Å²) in [5.74, 6) is 0.846. The lowest BCUT2D eigenvalue weighted by molar-refractivity contribution is 0.235. The van der Waals surface area contributed by atoms with E-state index < -0.39 is 0 Å². The van der Waals surface area contributed by atoms with Crippen LogP contribution in [0.2, 0.25) is 0 Å². The molecule has 0 saturated heterocycles. The van der Waals surface area contributed by atoms with Crippen LogP contribution in [0.25, 0.3) is 0 Å². The number of hydrogen-bond donors (Lipinski definition) is 3. The molecular formula is C14H21N3O3. The first kappa shape index (κ1) is 16.0. The molecule has 0 radical (unpaired) electrons. The Labute approximate surface area is 118 Å². The summed E-state index contributed by atoms with van der Waals surface area (Å²) in [5.41, 5.74) is 2.80. The molecule has 0 aliphatic heterocycles. The number of aliphatic imine (C=N–C) groups is 1. The third-order valence-electron chi connectivity index (χ3n) is 2.83. The van der Waals surface area contributed by atoms with Crippen molar-refractivity contribution in [2.75, 3.05) is 13.7 Å². The SMILES string of the molecule is CCCCCN=C(NO)/C(=N\O)c1ccc(OC)cc1. The van der Waals surface area contributed by atoms with Gasteiger partial charge in [-0.2, -0.15) is 0 Å². The Bertz CT molecular complexity index is 455. The van der Waals surface area contributed by atoms with E-state index in [1.807, 2.05) is 5.48 Å². The number of nitrogens with one attached hydrogen (secondary N) is 1. The van der Waals surface area contributed by atoms with Gasteiger partial charge in [0, 0.05) is 12.1 Å². The molecule has 0 aliphatic carbocycles. The van der Waals surface area contributed by atoms with Crippen molar-refractivity contribution in [3.05, 3.63) is 29.8 Å². The Hall–Kier alpha value is -2.08. The minimum Gasteiger partial charge on any atom is -0.497 e. The van der Waals surface area contributed by atoms with Crippen LogP contribution in [0.1, 0.15) is 31.7 Å². The average molecular weight is 279 g/mol. The van der Waals surface area contributed by atoms with Gasteiger partial charge in [0.25, 0.3) is 0 Å². The van der Waals surface area contributed by atoms with E-state index in [9.17, 15) is 0 Å². The van der Waals surface area contributed by atoms with Crippen molar-refractivity contribution in [3.8, 4) is 5.75 Å². The molecule has 1 aromatic carbocycles. The van der Waals surface area contributed by atoms with Crippen LogP contribution in [-0.2, 0) is 0 Å². The highest BCUT2D eigenvalue weighted by Crippen LogP contribution is 2.12. The topological polar surface area (TPSA) is 86.4 Å². The maximum atomic E-state index is 9.15. The van der Waals surface area contributed by atoms with E-state index in [4.69, 9.17) is 15.2 Å². The quantitative estimate of drug-likeness (QED) is 0.235. The van der Waals surface area contributed by atoms with Gasteiger partial charge in [-0.15, -0.1) is 0 Å². The van der Waals surface area contributed by atoms with Crippen LogP contribution >= 0.6 is 0 Å². The van der Waals surface area contributed by atoms with Crippen LogP contribution in [0, 0.1) is 0 Å². The monoisotopic (exact) mass is 279 g/mol. The standard InChI is InChI=1S/C14H21N3O3/c1-3-4-5-10-15-14(17-19)13(16-18)11-6-8-12(20-2)9-7-11/h6-9,18-19H,3-5,10H2,1-2H3,(H,15,17)/b16-13-. The second kappa shape index (κ2) is 8.92. The van der Waals surface area contributed by atoms with Gasteiger partial charge in [0.2, 0.25) is 0 Å². The minimum atomic E-state index is 0.147. The number of ether oxygens (including phenoxy) is 1. The Kier molecular flexibility index (Phi) is 7.13. The van der Waals surface area contributed by atoms with Gasteiger partial charge in [-0.25, -0.2) is 0 Å². The zero-order valence-corrected chi connectivity index (χ0v) is 11.8. The zero-order valence-electron chi connectivity index (χ0n) is 11.8. The van der Waals surface area contributed by atoms with Gasteiger partial charge in [0.05, 0.1) is 7.11 Å². The van der Waals surface area contributed by atoms with Crippen LogP contribution in [0.3, 0.4) is 0 Å². The number of rotatable bonds is 7. The Balaban J connectivity index is 2.85. The van der Waals surface area contributed by atoms with Gasteiger partial charge in [-0.3, -0.25) is 15.7 Å². The molecule has 0 saturated carbocycles. The van der Waals surface area contributed by atoms with Crippen LogP contribution in [0.15, 0.2) is 34.4 Å². The molecule has 0 aliphatic rings. The van der Waals surface area contributed by atoms with Crippen molar-refractivity contribution in [2.24, 2.45) is 10.1 Å². The first-order valence-electron chi connectivity index (χ1n) is 6.58. The predicted molar refractivity (Wildman–Crippen MR) is 78.1 cm³/mol. The van der Waals surface area contributed by atoms with Gasteiger partial charge in [0.15, 0.2) is 11.5 Å². The number of oxime groups is 1. The fourth-order valence-corrected chi connectivity index (χ4v) is 1.71. The molecule has 0 fully saturated rings. The van der Waals surface area contributed by atoms with Crippen molar-refractivity contribution in [1.82, 2.24) is 5.48 Å². The fourth-order valence-electron chi connectivity index (χ4n) is 1.71. The number of unbranched alkanes of at least 4 members (excludes halogenated alkanes) is 2. The van der Waals surface area contributed by atoms with Crippen LogP contribution < -0.4 is 10.2 Å². The number of nitrogens with zero attached hydrogens (tertiary/aromatic N) is 2. The summed E-state index contributed by atoms with van der Waals surface area (Å²) in [6.45, 7) is 2.67. The number of benzene rings is 1. The summed E-state index contributed by atoms with van der Waals surface area (Å²) in [6, 6.07) is 6.94. The third kappa shape index (κ3) is 4.55. The fraction of sp³-hybridized carbons (Fsp3) is 0.429. The van der Waals surface area contributed by atoms with E-state index in [1.165, 1.54) is 0 Å². The van der Waals surface area contributed by atoms with E-state index in [2.05, 4.69) is 17.1 Å². The number of hydrogen-bond acceptors (Lipinski definition) is 5. The van der Waals surface area contributed by atoms with Crippen LogP contribution in [-0.4, -0.2) is 35.6 Å². The molecule has 6 heteroatoms. The summed E-state index contributed by atoms with van der Waals surface area (Å²) in [7, 11) is 1.58. The lowest BCUT2D eigenvalue weighted by Crippen LogP contribution is -2.30. The molecule has 3 N–H and O–H groups in total. The van der Waals surface area contributed by atoms with E-state index in [-0.39, 0.29) is 11.5 Å². The van der Waals surface area contributed by atoms with Gasteiger partial charge in [0.1, 0.15) is 5.75 Å². The first-order valence-corrected chi connectivity index (χ1v) is 6.58. The molecule has 1 aromatic rings. The Morgan fingerprint density at radius 2 is 1.95 bits per heavy atom. The van der Waals surface area contributed by atoms with E-state index in [0.29, 0.717) is 17.9 Å². The van der Waals surface area contributed by atoms with E-state index >= 15 is 0 Å². The normalized spacial score (nSPS) is 12.3. The smallest absolute Gasteiger partial charge is 0.175 e. The Morgan fingerprint density at radius 1 is 1.25 bits per heavy atom. The third-order valence-corrected chi connectivity index (χ3v) is 2.83. The molecule has 0 amide bonds. The lowest BCUT2D eigenvalue weighted by Gasteiger charge is -2.08. The highest BCUT2D eigenvalue weighted by molar-refractivity contribution is 6.47. The molecule has 0 aromatic heterocycles. The molecule has 0 unspecified atom stereocenters. The van der Waals surface area contributed by atoms with Crippen molar-refractivity contribution >= 4 is 11.5 Å². The van der Waals surface area contributed by atoms with Crippen molar-refractivity contribution in [2.45, 2.75) is 26.2 Å². The highest BCUT2D eigenvalue weighted by Gasteiger charge is 2.12. The maximum Gasteiger partial charge on any atom is 0.175 e. The molecular weight excluding hydrogens is 258 g/mol. The lowest BCUT2D eigenvalue weighted by atomic mass is 10.1. The van der Waals surface area contributed by atoms with Crippen LogP contribution in [0.4, 0.5) is 0 Å². The molecule has 6 nitrogen and oxygen atoms in total. The van der Waals surface area contributed by atoms with Gasteiger partial charge in [-0.1, -0.05) is 24.9 Å². The maximum absolute atomic E-state index is 9.15. The van der Waals surface area contributed by atoms with Gasteiger partial charge < -0.3 is 9.94 Å². The molecule has 110 valence electrons. The number of methoxy groups -OCH3 is 1. The highest BCUT2D eigenvalue weighted by atomic mass is 16.5. The molecule has 1 rings (SSSR count). The Morgan fingerprint density at radius 3 is 2.45 bits per heavy atom. The first-order chi connectivity index (χ1) is 9.76. The van der Waals surface area contributed by atoms with E-state index in [0.717, 1.165) is 19.3 Å². The average Bonchev–Trinajstić information content (AvgIpc) is 2.50. The second-order valence-electron chi connectivity index (χ2n) is 4.23. The summed E-state index contributed by atoms with van der Waals surface area (Å²) in [4.78, 5) is 4.20. The minimum absolute atomic E-state index is 0.147. The summed E-state index contributed by atoms with van der Waals surface area (Å²) in [6.07, 6.45) is 3.08. The van der Waals surface area contributed by atoms with Crippen molar-refractivity contribution < 1.29 is 15.2 Å². The van der Waals surface area contributed by atoms with Crippen molar-refractivity contribution in [1.29, 1.82) is 0 Å². The van der Waals surface area contributed by atoms with Gasteiger partial charge in [-0.05, 0) is 30.7 Å². The summed E-state index contributed by atoms with van der Waals surface area (Å²) >= 11 is 0. The zero-order chi connectivity index (χ0) is 14.8. The molecule has 0 spiro atoms. The largest absolute Gasteiger partial charge is 0.497 e. The second-order valence-corrected chi connectivity index (χ2v) is 4.23. The summed E-state index contributed by atoms with van der Waals surface area (Å²) in [5, 5.41) is 21.5. The predicted octanol–water partition coefficient (Wildman–Crippen LogP) is 2.44. The number of hydroxylamine groups is 1. The summed E-state index contributed by atoms with van der Waals surface area (Å²) < 4.78 is 5.06. The molecule has 0 heterocycles. The molecule has 0 atom stereocenters. The van der Waals surface area contributed by atoms with Crippen LogP contribution in [0.5, 0.6) is 5.75 Å². The van der Waals surface area contributed by atoms with E-state index in [1.54, 1.807) is 31.4 Å². The van der Waals surface area contributed by atoms with Crippen molar-refractivity contribution in [3.63, 3.8) is 0 Å². The molecule has 0 bridgehead atoms. The molecule has 20 heavy (non-hydrogen) atoms. The van der Waals surface area contributed by atoms with Gasteiger partial charge >= 0.3 is 0 Å². The number of amidine groups is 1.